The van der Waals surface area contributed by atoms with Gasteiger partial charge in [-0.25, -0.2) is 0 Å². The Kier molecular flexibility index (Phi) is 17.2. The van der Waals surface area contributed by atoms with E-state index in [9.17, 15) is 0 Å². The van der Waals surface area contributed by atoms with Crippen molar-refractivity contribution in [1.29, 1.82) is 0 Å². The Morgan fingerprint density at radius 1 is 0.917 bits per heavy atom. The van der Waals surface area contributed by atoms with E-state index in [-0.39, 0.29) is 0 Å². The molecule has 0 spiro atoms. The average molecular weight is 351 g/mol. The van der Waals surface area contributed by atoms with E-state index in [0.29, 0.717) is 5.06 Å². The summed E-state index contributed by atoms with van der Waals surface area (Å²) in [5.74, 6) is 0. The van der Waals surface area contributed by atoms with Crippen molar-refractivity contribution in [3.05, 3.63) is 51.9 Å². The highest BCUT2D eigenvalue weighted by Gasteiger charge is 2.10. The summed E-state index contributed by atoms with van der Waals surface area (Å²) in [5.41, 5.74) is 4.68. The van der Waals surface area contributed by atoms with Crippen LogP contribution in [-0.2, 0) is 12.8 Å². The third kappa shape index (κ3) is 10.5. The first kappa shape index (κ1) is 25.0. The van der Waals surface area contributed by atoms with Gasteiger partial charge >= 0.3 is 0 Å². The molecule has 2 heteroatoms. The number of aromatic hydroxyl groups is 1. The molecule has 0 unspecified atom stereocenters. The zero-order chi connectivity index (χ0) is 19.0. The van der Waals surface area contributed by atoms with Crippen molar-refractivity contribution >= 4 is 11.3 Å². The summed E-state index contributed by atoms with van der Waals surface area (Å²) >= 11 is 1.40. The lowest BCUT2D eigenvalue weighted by atomic mass is 10.1. The molecule has 138 valence electrons. The van der Waals surface area contributed by atoms with Crippen molar-refractivity contribution in [1.82, 2.24) is 0 Å². The molecule has 0 bridgehead atoms. The molecule has 1 N–H and O–H groups in total. The minimum absolute atomic E-state index is 0.400. The average Bonchev–Trinajstić information content (AvgIpc) is 3.22. The van der Waals surface area contributed by atoms with E-state index in [0.717, 1.165) is 4.88 Å². The Morgan fingerprint density at radius 2 is 1.50 bits per heavy atom. The number of rotatable bonds is 0. The molecule has 0 radical (unpaired) electrons. The smallest absolute Gasteiger partial charge is 0.171 e. The Labute approximate surface area is 154 Å². The van der Waals surface area contributed by atoms with Gasteiger partial charge in [0.15, 0.2) is 5.06 Å². The van der Waals surface area contributed by atoms with Crippen LogP contribution in [0.1, 0.15) is 76.0 Å². The highest BCUT2D eigenvalue weighted by molar-refractivity contribution is 7.13. The summed E-state index contributed by atoms with van der Waals surface area (Å²) in [5, 5.41) is 9.07. The first-order valence-electron chi connectivity index (χ1n) is 9.41. The van der Waals surface area contributed by atoms with E-state index in [2.05, 4.69) is 39.0 Å². The van der Waals surface area contributed by atoms with Crippen molar-refractivity contribution in [2.24, 2.45) is 0 Å². The molecular formula is C22H38OS. The summed E-state index contributed by atoms with van der Waals surface area (Å²) < 4.78 is 0. The number of fused-ring (bicyclic) bond motifs is 1. The highest BCUT2D eigenvalue weighted by atomic mass is 32.1. The molecule has 24 heavy (non-hydrogen) atoms. The molecule has 0 fully saturated rings. The van der Waals surface area contributed by atoms with Gasteiger partial charge in [0.2, 0.25) is 0 Å². The maximum Gasteiger partial charge on any atom is 0.171 e. The first-order chi connectivity index (χ1) is 11.6. The van der Waals surface area contributed by atoms with Crippen molar-refractivity contribution < 1.29 is 5.11 Å². The van der Waals surface area contributed by atoms with Crippen LogP contribution in [0.2, 0.25) is 0 Å². The van der Waals surface area contributed by atoms with Gasteiger partial charge in [-0.2, -0.15) is 0 Å². The molecule has 1 aliphatic rings. The Morgan fingerprint density at radius 3 is 1.88 bits per heavy atom. The SMILES string of the molecule is CC.CC.CCC.Cc1ccc(O)s1.Cc1cccc2c1CCC2. The molecule has 0 amide bonds. The molecule has 1 aromatic heterocycles. The third-order valence-corrected chi connectivity index (χ3v) is 3.91. The van der Waals surface area contributed by atoms with Crippen molar-refractivity contribution in [2.75, 3.05) is 0 Å². The monoisotopic (exact) mass is 350 g/mol. The number of thiophene rings is 1. The van der Waals surface area contributed by atoms with E-state index in [1.165, 1.54) is 42.6 Å². The summed E-state index contributed by atoms with van der Waals surface area (Å²) in [7, 11) is 0. The van der Waals surface area contributed by atoms with Gasteiger partial charge < -0.3 is 5.11 Å². The molecule has 1 heterocycles. The lowest BCUT2D eigenvalue weighted by Gasteiger charge is -2.00. The predicted octanol–water partition coefficient (Wildman–Crippen LogP) is 7.71. The van der Waals surface area contributed by atoms with Crippen LogP contribution in [0, 0.1) is 13.8 Å². The zero-order valence-corrected chi connectivity index (χ0v) is 17.9. The lowest BCUT2D eigenvalue weighted by Crippen LogP contribution is -1.84. The van der Waals surface area contributed by atoms with Gasteiger partial charge in [-0.3, -0.25) is 0 Å². The second-order valence-electron chi connectivity index (χ2n) is 5.16. The Bertz CT molecular complexity index is 498. The van der Waals surface area contributed by atoms with E-state index in [1.807, 2.05) is 40.7 Å². The number of aryl methyl sites for hydroxylation is 3. The summed E-state index contributed by atoms with van der Waals surface area (Å²) in [6.45, 7) is 16.4. The Balaban J connectivity index is 0. The minimum atomic E-state index is 0.400. The van der Waals surface area contributed by atoms with Crippen LogP contribution in [0.5, 0.6) is 5.06 Å². The van der Waals surface area contributed by atoms with Gasteiger partial charge in [0, 0.05) is 4.88 Å². The largest absolute Gasteiger partial charge is 0.499 e. The molecule has 2 aromatic rings. The summed E-state index contributed by atoms with van der Waals surface area (Å²) in [4.78, 5) is 1.15. The van der Waals surface area contributed by atoms with E-state index in [4.69, 9.17) is 5.11 Å². The quantitative estimate of drug-likeness (QED) is 0.515. The zero-order valence-electron chi connectivity index (χ0n) is 17.1. The topological polar surface area (TPSA) is 20.2 Å². The molecule has 3 rings (SSSR count). The van der Waals surface area contributed by atoms with Gasteiger partial charge in [0.05, 0.1) is 0 Å². The van der Waals surface area contributed by atoms with Crippen LogP contribution in [-0.4, -0.2) is 5.11 Å². The van der Waals surface area contributed by atoms with Crippen molar-refractivity contribution in [2.45, 2.75) is 81.1 Å². The van der Waals surface area contributed by atoms with Crippen molar-refractivity contribution in [3.8, 4) is 5.06 Å². The van der Waals surface area contributed by atoms with Crippen LogP contribution in [0.3, 0.4) is 0 Å². The Hall–Kier alpha value is -1.28. The molecule has 1 aliphatic carbocycles. The van der Waals surface area contributed by atoms with Crippen LogP contribution in [0.15, 0.2) is 30.3 Å². The minimum Gasteiger partial charge on any atom is -0.499 e. The standard InChI is InChI=1S/C10H12.C5H6OS.C3H8.2C2H6/c1-8-4-2-5-9-6-3-7-10(8)9;1-4-2-3-5(6)7-4;1-3-2;2*1-2/h2,4-5H,3,6-7H2,1H3;2-3,6H,1H3;3H2,1-2H3;2*1-2H3. The molecule has 0 aliphatic heterocycles. The van der Waals surface area contributed by atoms with E-state index >= 15 is 0 Å². The summed E-state index contributed by atoms with van der Waals surface area (Å²) in [6.07, 6.45) is 5.22. The fourth-order valence-corrected chi connectivity index (χ4v) is 2.83. The van der Waals surface area contributed by atoms with Gasteiger partial charge in [-0.05, 0) is 61.9 Å². The maximum absolute atomic E-state index is 8.67. The second kappa shape index (κ2) is 16.6. The van der Waals surface area contributed by atoms with E-state index < -0.39 is 0 Å². The molecule has 0 atom stereocenters. The fourth-order valence-electron chi connectivity index (χ4n) is 2.23. The summed E-state index contributed by atoms with van der Waals surface area (Å²) in [6, 6.07) is 10.2. The van der Waals surface area contributed by atoms with Gasteiger partial charge in [0.25, 0.3) is 0 Å². The van der Waals surface area contributed by atoms with E-state index in [1.54, 1.807) is 17.2 Å². The van der Waals surface area contributed by atoms with Gasteiger partial charge in [0.1, 0.15) is 0 Å². The molecular weight excluding hydrogens is 312 g/mol. The first-order valence-corrected chi connectivity index (χ1v) is 10.2. The number of benzene rings is 1. The van der Waals surface area contributed by atoms with Crippen LogP contribution < -0.4 is 0 Å². The van der Waals surface area contributed by atoms with Crippen LogP contribution in [0.25, 0.3) is 0 Å². The van der Waals surface area contributed by atoms with Crippen LogP contribution >= 0.6 is 11.3 Å². The molecule has 0 saturated heterocycles. The number of hydrogen-bond donors (Lipinski definition) is 1. The van der Waals surface area contributed by atoms with Gasteiger partial charge in [-0.15, -0.1) is 11.3 Å². The molecule has 0 saturated carbocycles. The second-order valence-corrected chi connectivity index (χ2v) is 6.42. The maximum atomic E-state index is 8.67. The lowest BCUT2D eigenvalue weighted by molar-refractivity contribution is 0.491. The predicted molar refractivity (Wildman–Crippen MR) is 113 cm³/mol. The van der Waals surface area contributed by atoms with Gasteiger partial charge in [-0.1, -0.05) is 66.2 Å². The molecule has 1 nitrogen and oxygen atoms in total. The normalized spacial score (nSPS) is 10.3. The van der Waals surface area contributed by atoms with Crippen molar-refractivity contribution in [3.63, 3.8) is 0 Å². The van der Waals surface area contributed by atoms with Crippen LogP contribution in [0.4, 0.5) is 0 Å². The number of hydrogen-bond acceptors (Lipinski definition) is 2. The molecule has 1 aromatic carbocycles. The fraction of sp³-hybridized carbons (Fsp3) is 0.545. The highest BCUT2D eigenvalue weighted by Crippen LogP contribution is 2.24. The third-order valence-electron chi connectivity index (χ3n) is 3.11.